The van der Waals surface area contributed by atoms with Gasteiger partial charge in [0.25, 0.3) is 10.0 Å². The molecule has 1 N–H and O–H groups in total. The standard InChI is InChI=1S/C26H30N2O6S/c1-5-34-23-14-10-9-13-22(23)28(35(30,31)21-11-7-6-8-12-21)18-26(29)27-19(2)20-15-16-24(32-3)25(17-20)33-4/h6-17,19H,5,18H2,1-4H3,(H,27,29)/t19-/m1/s1. The number of carbonyl (C=O) groups is 1. The number of nitrogens with zero attached hydrogens (tertiary/aromatic N) is 1. The van der Waals surface area contributed by atoms with Crippen molar-refractivity contribution in [3.63, 3.8) is 0 Å². The second-order valence-electron chi connectivity index (χ2n) is 7.63. The first-order valence-corrected chi connectivity index (χ1v) is 12.6. The first-order valence-electron chi connectivity index (χ1n) is 11.1. The Bertz CT molecular complexity index is 1250. The average Bonchev–Trinajstić information content (AvgIpc) is 2.88. The number of anilines is 1. The van der Waals surface area contributed by atoms with Crippen LogP contribution in [-0.2, 0) is 14.8 Å². The fourth-order valence-electron chi connectivity index (χ4n) is 3.58. The maximum absolute atomic E-state index is 13.6. The van der Waals surface area contributed by atoms with Crippen LogP contribution in [0.1, 0.15) is 25.5 Å². The zero-order chi connectivity index (χ0) is 25.4. The van der Waals surface area contributed by atoms with Gasteiger partial charge in [0.05, 0.1) is 37.5 Å². The molecule has 3 rings (SSSR count). The van der Waals surface area contributed by atoms with E-state index in [-0.39, 0.29) is 10.6 Å². The summed E-state index contributed by atoms with van der Waals surface area (Å²) in [7, 11) is -0.973. The van der Waals surface area contributed by atoms with E-state index in [9.17, 15) is 13.2 Å². The van der Waals surface area contributed by atoms with Gasteiger partial charge >= 0.3 is 0 Å². The van der Waals surface area contributed by atoms with Crippen molar-refractivity contribution >= 4 is 21.6 Å². The van der Waals surface area contributed by atoms with E-state index in [1.54, 1.807) is 61.7 Å². The lowest BCUT2D eigenvalue weighted by atomic mass is 10.1. The Hall–Kier alpha value is -3.72. The summed E-state index contributed by atoms with van der Waals surface area (Å²) in [5.74, 6) is 1.00. The summed E-state index contributed by atoms with van der Waals surface area (Å²) in [6, 6.07) is 19.7. The van der Waals surface area contributed by atoms with E-state index in [0.29, 0.717) is 23.9 Å². The van der Waals surface area contributed by atoms with Gasteiger partial charge in [-0.3, -0.25) is 9.10 Å². The van der Waals surface area contributed by atoms with Crippen molar-refractivity contribution in [2.45, 2.75) is 24.8 Å². The smallest absolute Gasteiger partial charge is 0.264 e. The van der Waals surface area contributed by atoms with Crippen molar-refractivity contribution in [3.8, 4) is 17.2 Å². The Labute approximate surface area is 206 Å². The van der Waals surface area contributed by atoms with Crippen molar-refractivity contribution in [2.24, 2.45) is 0 Å². The highest BCUT2D eigenvalue weighted by molar-refractivity contribution is 7.92. The molecule has 0 aliphatic heterocycles. The maximum atomic E-state index is 13.6. The topological polar surface area (TPSA) is 94.2 Å². The summed E-state index contributed by atoms with van der Waals surface area (Å²) in [6.45, 7) is 3.53. The highest BCUT2D eigenvalue weighted by atomic mass is 32.2. The second-order valence-corrected chi connectivity index (χ2v) is 9.49. The molecule has 0 fully saturated rings. The minimum absolute atomic E-state index is 0.0760. The van der Waals surface area contributed by atoms with E-state index >= 15 is 0 Å². The number of methoxy groups -OCH3 is 2. The minimum Gasteiger partial charge on any atom is -0.493 e. The number of hydrogen-bond acceptors (Lipinski definition) is 6. The van der Waals surface area contributed by atoms with Gasteiger partial charge in [0.1, 0.15) is 12.3 Å². The molecule has 0 unspecified atom stereocenters. The molecule has 0 saturated carbocycles. The van der Waals surface area contributed by atoms with E-state index in [2.05, 4.69) is 5.32 Å². The molecular formula is C26H30N2O6S. The lowest BCUT2D eigenvalue weighted by Gasteiger charge is -2.26. The molecule has 0 aromatic heterocycles. The Kier molecular flexibility index (Phi) is 8.59. The molecule has 3 aromatic rings. The first kappa shape index (κ1) is 25.9. The van der Waals surface area contributed by atoms with Crippen LogP contribution >= 0.6 is 0 Å². The van der Waals surface area contributed by atoms with Gasteiger partial charge in [-0.1, -0.05) is 36.4 Å². The van der Waals surface area contributed by atoms with Crippen LogP contribution in [0.4, 0.5) is 5.69 Å². The van der Waals surface area contributed by atoms with E-state index in [0.717, 1.165) is 9.87 Å². The lowest BCUT2D eigenvalue weighted by molar-refractivity contribution is -0.120. The summed E-state index contributed by atoms with van der Waals surface area (Å²) < 4.78 is 44.5. The monoisotopic (exact) mass is 498 g/mol. The molecule has 1 amide bonds. The lowest BCUT2D eigenvalue weighted by Crippen LogP contribution is -2.41. The summed E-state index contributed by atoms with van der Waals surface area (Å²) >= 11 is 0. The fourth-order valence-corrected chi connectivity index (χ4v) is 5.04. The van der Waals surface area contributed by atoms with Gasteiger partial charge in [-0.05, 0) is 55.8 Å². The highest BCUT2D eigenvalue weighted by Crippen LogP contribution is 2.33. The van der Waals surface area contributed by atoms with Gasteiger partial charge in [0.15, 0.2) is 11.5 Å². The molecule has 9 heteroatoms. The Morgan fingerprint density at radius 3 is 2.23 bits per heavy atom. The van der Waals surface area contributed by atoms with Crippen molar-refractivity contribution in [1.82, 2.24) is 5.32 Å². The number of hydrogen-bond donors (Lipinski definition) is 1. The van der Waals surface area contributed by atoms with Crippen LogP contribution in [0.15, 0.2) is 77.7 Å². The molecule has 3 aromatic carbocycles. The number of rotatable bonds is 11. The third-order valence-corrected chi connectivity index (χ3v) is 7.11. The van der Waals surface area contributed by atoms with Gasteiger partial charge in [-0.2, -0.15) is 0 Å². The first-order chi connectivity index (χ1) is 16.8. The molecule has 0 radical (unpaired) electrons. The molecule has 35 heavy (non-hydrogen) atoms. The molecular weight excluding hydrogens is 468 g/mol. The maximum Gasteiger partial charge on any atom is 0.264 e. The third kappa shape index (κ3) is 6.05. The third-order valence-electron chi connectivity index (χ3n) is 5.34. The molecule has 186 valence electrons. The second kappa shape index (κ2) is 11.6. The number of benzene rings is 3. The van der Waals surface area contributed by atoms with Crippen LogP contribution in [0, 0.1) is 0 Å². The fraction of sp³-hybridized carbons (Fsp3) is 0.269. The summed E-state index contributed by atoms with van der Waals surface area (Å²) in [6.07, 6.45) is 0. The van der Waals surface area contributed by atoms with E-state index in [4.69, 9.17) is 14.2 Å². The van der Waals surface area contributed by atoms with Crippen LogP contribution in [0.5, 0.6) is 17.2 Å². The molecule has 8 nitrogen and oxygen atoms in total. The largest absolute Gasteiger partial charge is 0.493 e. The predicted molar refractivity (Wildman–Crippen MR) is 135 cm³/mol. The molecule has 0 aliphatic carbocycles. The Morgan fingerprint density at radius 1 is 0.914 bits per heavy atom. The normalized spacial score (nSPS) is 11.9. The summed E-state index contributed by atoms with van der Waals surface area (Å²) in [5, 5.41) is 2.88. The number of para-hydroxylation sites is 2. The SMILES string of the molecule is CCOc1ccccc1N(CC(=O)N[C@H](C)c1ccc(OC)c(OC)c1)S(=O)(=O)c1ccccc1. The zero-order valence-corrected chi connectivity index (χ0v) is 21.0. The number of amides is 1. The van der Waals surface area contributed by atoms with Crippen LogP contribution in [0.2, 0.25) is 0 Å². The van der Waals surface area contributed by atoms with Gasteiger partial charge < -0.3 is 19.5 Å². The van der Waals surface area contributed by atoms with Crippen LogP contribution < -0.4 is 23.8 Å². The molecule has 0 heterocycles. The van der Waals surface area contributed by atoms with E-state index < -0.39 is 28.5 Å². The van der Waals surface area contributed by atoms with E-state index in [1.165, 1.54) is 19.2 Å². The Morgan fingerprint density at radius 2 is 1.57 bits per heavy atom. The zero-order valence-electron chi connectivity index (χ0n) is 20.2. The highest BCUT2D eigenvalue weighted by Gasteiger charge is 2.29. The molecule has 1 atom stereocenters. The van der Waals surface area contributed by atoms with Crippen LogP contribution in [0.25, 0.3) is 0 Å². The van der Waals surface area contributed by atoms with Gasteiger partial charge in [-0.25, -0.2) is 8.42 Å². The van der Waals surface area contributed by atoms with Crippen molar-refractivity contribution in [1.29, 1.82) is 0 Å². The molecule has 0 bridgehead atoms. The minimum atomic E-state index is -4.05. The number of sulfonamides is 1. The number of ether oxygens (including phenoxy) is 3. The van der Waals surface area contributed by atoms with Crippen LogP contribution in [-0.4, -0.2) is 41.7 Å². The van der Waals surface area contributed by atoms with Gasteiger partial charge in [-0.15, -0.1) is 0 Å². The van der Waals surface area contributed by atoms with Crippen molar-refractivity contribution in [2.75, 3.05) is 31.7 Å². The Balaban J connectivity index is 1.91. The van der Waals surface area contributed by atoms with Gasteiger partial charge in [0.2, 0.25) is 5.91 Å². The van der Waals surface area contributed by atoms with E-state index in [1.807, 2.05) is 19.9 Å². The van der Waals surface area contributed by atoms with Crippen molar-refractivity contribution in [3.05, 3.63) is 78.4 Å². The molecule has 0 saturated heterocycles. The molecule has 0 spiro atoms. The number of carbonyl (C=O) groups excluding carboxylic acids is 1. The predicted octanol–water partition coefficient (Wildman–Crippen LogP) is 4.18. The number of nitrogens with one attached hydrogen (secondary N) is 1. The summed E-state index contributed by atoms with van der Waals surface area (Å²) in [4.78, 5) is 13.2. The molecule has 0 aliphatic rings. The van der Waals surface area contributed by atoms with Crippen LogP contribution in [0.3, 0.4) is 0 Å². The quantitative estimate of drug-likeness (QED) is 0.426. The average molecular weight is 499 g/mol. The van der Waals surface area contributed by atoms with Crippen molar-refractivity contribution < 1.29 is 27.4 Å². The van der Waals surface area contributed by atoms with Gasteiger partial charge in [0, 0.05) is 0 Å². The summed E-state index contributed by atoms with van der Waals surface area (Å²) in [5.41, 5.74) is 1.07.